The molecule has 2 N–H and O–H groups in total. The maximum atomic E-state index is 12.3. The predicted octanol–water partition coefficient (Wildman–Crippen LogP) is 1.49. The number of nitrogens with zero attached hydrogens (tertiary/aromatic N) is 2. The van der Waals surface area contributed by atoms with E-state index in [4.69, 9.17) is 10.5 Å². The first-order valence-corrected chi connectivity index (χ1v) is 11.3. The van der Waals surface area contributed by atoms with Gasteiger partial charge in [-0.05, 0) is 37.6 Å². The molecular formula is C16H23N3O4S2. The lowest BCUT2D eigenvalue weighted by Gasteiger charge is -2.35. The lowest BCUT2D eigenvalue weighted by Crippen LogP contribution is -2.48. The number of nitrogens with two attached hydrogens (primary N) is 1. The summed E-state index contributed by atoms with van der Waals surface area (Å²) in [6, 6.07) is 8.23. The highest BCUT2D eigenvalue weighted by Gasteiger charge is 2.46. The fraction of sp³-hybridized carbons (Fsp3) is 0.562. The standard InChI is InChI=1S/C16H23N3O4S2/c1-2-23-15-5-3-12(4-6-15)18-10-14-9-13(18)11-19(14)16(20)24-25(21,22)8-7-17/h3-6,13-14H,2,7-11,17H2,1H3/t13-,14?/m0/s1. The van der Waals surface area contributed by atoms with Crippen molar-refractivity contribution in [1.29, 1.82) is 0 Å². The van der Waals surface area contributed by atoms with E-state index in [9.17, 15) is 13.2 Å². The lowest BCUT2D eigenvalue weighted by molar-refractivity contribution is 0.214. The Bertz CT molecular complexity index is 723. The van der Waals surface area contributed by atoms with Gasteiger partial charge < -0.3 is 20.3 Å². The van der Waals surface area contributed by atoms with Gasteiger partial charge >= 0.3 is 0 Å². The summed E-state index contributed by atoms with van der Waals surface area (Å²) in [4.78, 5) is 16.3. The van der Waals surface area contributed by atoms with Gasteiger partial charge in [0, 0.05) is 31.4 Å². The van der Waals surface area contributed by atoms with Gasteiger partial charge in [0.1, 0.15) is 5.75 Å². The van der Waals surface area contributed by atoms with Crippen LogP contribution in [-0.2, 0) is 8.87 Å². The minimum atomic E-state index is -3.49. The summed E-state index contributed by atoms with van der Waals surface area (Å²) in [5.41, 5.74) is 6.39. The Morgan fingerprint density at radius 1 is 1.28 bits per heavy atom. The summed E-state index contributed by atoms with van der Waals surface area (Å²) >= 11 is 0. The Kier molecular flexibility index (Phi) is 5.45. The van der Waals surface area contributed by atoms with Crippen molar-refractivity contribution in [3.8, 4) is 5.75 Å². The molecular weight excluding hydrogens is 362 g/mol. The highest BCUT2D eigenvalue weighted by molar-refractivity contribution is 8.77. The Morgan fingerprint density at radius 2 is 2.00 bits per heavy atom. The number of fused-ring (bicyclic) bond motifs is 2. The first-order valence-electron chi connectivity index (χ1n) is 8.36. The number of benzene rings is 1. The minimum absolute atomic E-state index is 0.0280. The maximum absolute atomic E-state index is 12.3. The van der Waals surface area contributed by atoms with Gasteiger partial charge in [-0.1, -0.05) is 0 Å². The Morgan fingerprint density at radius 3 is 2.56 bits per heavy atom. The SMILES string of the molecule is CCOc1ccc(N2CC3C[C@H]2CN3C(=O)SS(=O)(=O)CCN)cc1. The number of piperazine rings is 1. The van der Waals surface area contributed by atoms with E-state index in [1.165, 1.54) is 0 Å². The summed E-state index contributed by atoms with van der Waals surface area (Å²) in [6.45, 7) is 3.89. The van der Waals surface area contributed by atoms with Gasteiger partial charge in [-0.15, -0.1) is 0 Å². The van der Waals surface area contributed by atoms with Crippen LogP contribution in [0.3, 0.4) is 0 Å². The van der Waals surface area contributed by atoms with Gasteiger partial charge in [0.2, 0.25) is 8.87 Å². The van der Waals surface area contributed by atoms with E-state index in [1.807, 2.05) is 31.2 Å². The molecule has 1 unspecified atom stereocenters. The summed E-state index contributed by atoms with van der Waals surface area (Å²) in [5, 5.41) is -0.382. The summed E-state index contributed by atoms with van der Waals surface area (Å²) in [5.74, 6) is 0.665. The molecule has 0 aromatic heterocycles. The molecule has 7 nitrogen and oxygen atoms in total. The Balaban J connectivity index is 1.61. The molecule has 2 aliphatic heterocycles. The smallest absolute Gasteiger partial charge is 0.297 e. The topological polar surface area (TPSA) is 92.9 Å². The molecule has 2 bridgehead atoms. The van der Waals surface area contributed by atoms with Gasteiger partial charge in [0.05, 0.1) is 29.2 Å². The van der Waals surface area contributed by atoms with Crippen molar-refractivity contribution < 1.29 is 17.9 Å². The van der Waals surface area contributed by atoms with E-state index in [2.05, 4.69) is 4.90 Å². The zero-order valence-electron chi connectivity index (χ0n) is 14.1. The third-order valence-electron chi connectivity index (χ3n) is 4.52. The molecule has 2 saturated heterocycles. The van der Waals surface area contributed by atoms with Crippen LogP contribution in [0.4, 0.5) is 10.5 Å². The largest absolute Gasteiger partial charge is 0.494 e. The van der Waals surface area contributed by atoms with Gasteiger partial charge in [0.25, 0.3) is 5.24 Å². The molecule has 9 heteroatoms. The first kappa shape index (κ1) is 18.3. The molecule has 1 aromatic carbocycles. The number of rotatable bonds is 6. The highest BCUT2D eigenvalue weighted by atomic mass is 33.1. The van der Waals surface area contributed by atoms with Crippen LogP contribution in [0.15, 0.2) is 24.3 Å². The molecule has 1 amide bonds. The van der Waals surface area contributed by atoms with Crippen LogP contribution in [0.2, 0.25) is 0 Å². The average molecular weight is 386 g/mol. The van der Waals surface area contributed by atoms with Crippen LogP contribution in [-0.4, -0.2) is 62.6 Å². The van der Waals surface area contributed by atoms with E-state index in [1.54, 1.807) is 4.90 Å². The van der Waals surface area contributed by atoms with Crippen LogP contribution >= 0.6 is 10.8 Å². The lowest BCUT2D eigenvalue weighted by atomic mass is 10.2. The molecule has 0 aliphatic carbocycles. The van der Waals surface area contributed by atoms with Gasteiger partial charge in [-0.2, -0.15) is 0 Å². The van der Waals surface area contributed by atoms with E-state index < -0.39 is 8.87 Å². The fourth-order valence-corrected chi connectivity index (χ4v) is 5.84. The van der Waals surface area contributed by atoms with Crippen LogP contribution in [0.25, 0.3) is 0 Å². The molecule has 3 rings (SSSR count). The summed E-state index contributed by atoms with van der Waals surface area (Å²) in [6.07, 6.45) is 0.871. The van der Waals surface area contributed by atoms with Crippen molar-refractivity contribution in [2.24, 2.45) is 5.73 Å². The van der Waals surface area contributed by atoms with Crippen molar-refractivity contribution in [2.75, 3.05) is 36.9 Å². The third-order valence-corrected chi connectivity index (χ3v) is 7.58. The average Bonchev–Trinajstić information content (AvgIpc) is 3.16. The monoisotopic (exact) mass is 385 g/mol. The minimum Gasteiger partial charge on any atom is -0.494 e. The Hall–Kier alpha value is -1.45. The fourth-order valence-electron chi connectivity index (χ4n) is 3.45. The summed E-state index contributed by atoms with van der Waals surface area (Å²) < 4.78 is 29.0. The predicted molar refractivity (Wildman–Crippen MR) is 99.7 cm³/mol. The number of likely N-dealkylation sites (tertiary alicyclic amines) is 1. The number of amides is 1. The molecule has 0 radical (unpaired) electrons. The van der Waals surface area contributed by atoms with Crippen LogP contribution in [0.5, 0.6) is 5.75 Å². The first-order chi connectivity index (χ1) is 11.9. The molecule has 25 heavy (non-hydrogen) atoms. The highest BCUT2D eigenvalue weighted by Crippen LogP contribution is 2.37. The van der Waals surface area contributed by atoms with Crippen molar-refractivity contribution >= 4 is 30.6 Å². The molecule has 2 heterocycles. The number of hydrogen-bond donors (Lipinski definition) is 1. The van der Waals surface area contributed by atoms with E-state index in [-0.39, 0.29) is 29.6 Å². The quantitative estimate of drug-likeness (QED) is 0.742. The number of anilines is 1. The number of ether oxygens (including phenoxy) is 1. The van der Waals surface area contributed by atoms with Gasteiger partial charge in [-0.3, -0.25) is 4.79 Å². The van der Waals surface area contributed by atoms with Crippen molar-refractivity contribution in [2.45, 2.75) is 25.4 Å². The van der Waals surface area contributed by atoms with Crippen LogP contribution in [0, 0.1) is 0 Å². The van der Waals surface area contributed by atoms with Crippen LogP contribution in [0.1, 0.15) is 13.3 Å². The second kappa shape index (κ2) is 7.43. The molecule has 2 atom stereocenters. The molecule has 2 fully saturated rings. The second-order valence-corrected chi connectivity index (χ2v) is 10.2. The van der Waals surface area contributed by atoms with E-state index in [0.717, 1.165) is 24.4 Å². The number of hydrogen-bond acceptors (Lipinski definition) is 7. The molecule has 0 saturated carbocycles. The van der Waals surface area contributed by atoms with E-state index in [0.29, 0.717) is 23.9 Å². The third kappa shape index (κ3) is 4.04. The van der Waals surface area contributed by atoms with E-state index >= 15 is 0 Å². The Labute approximate surface area is 151 Å². The maximum Gasteiger partial charge on any atom is 0.297 e. The van der Waals surface area contributed by atoms with Gasteiger partial charge in [-0.25, -0.2) is 8.42 Å². The van der Waals surface area contributed by atoms with Gasteiger partial charge in [0.15, 0.2) is 0 Å². The molecule has 1 aromatic rings. The second-order valence-electron chi connectivity index (χ2n) is 6.17. The van der Waals surface area contributed by atoms with Crippen molar-refractivity contribution in [1.82, 2.24) is 4.90 Å². The zero-order valence-corrected chi connectivity index (χ0v) is 15.8. The normalized spacial score (nSPS) is 22.5. The molecule has 2 aliphatic rings. The molecule has 0 spiro atoms. The van der Waals surface area contributed by atoms with Crippen LogP contribution < -0.4 is 15.4 Å². The van der Waals surface area contributed by atoms with Crippen molar-refractivity contribution in [3.63, 3.8) is 0 Å². The van der Waals surface area contributed by atoms with Crippen molar-refractivity contribution in [3.05, 3.63) is 24.3 Å². The molecule has 138 valence electrons. The zero-order chi connectivity index (χ0) is 18.0. The number of carbonyl (C=O) groups excluding carboxylic acids is 1. The summed E-state index contributed by atoms with van der Waals surface area (Å²) in [7, 11) is -3.08. The number of carbonyl (C=O) groups is 1.